The number of rotatable bonds is 5. The van der Waals surface area contributed by atoms with Gasteiger partial charge in [-0.05, 0) is 12.1 Å². The number of aliphatic carboxylic acids is 2. The van der Waals surface area contributed by atoms with Crippen LogP contribution in [0.3, 0.4) is 0 Å². The molecule has 1 aliphatic rings. The second-order valence-corrected chi connectivity index (χ2v) is 4.92. The Hall–Kier alpha value is -2.25. The molecule has 0 saturated heterocycles. The Morgan fingerprint density at radius 1 is 1.22 bits per heavy atom. The number of hydrogen-bond donors (Lipinski definition) is 3. The molecule has 0 spiro atoms. The molecule has 7 nitrogen and oxygen atoms in total. The zero-order valence-electron chi connectivity index (χ0n) is 11.8. The van der Waals surface area contributed by atoms with E-state index in [1.807, 2.05) is 0 Å². The summed E-state index contributed by atoms with van der Waals surface area (Å²) in [7, 11) is 0. The van der Waals surface area contributed by atoms with Gasteiger partial charge in [0.2, 0.25) is 0 Å². The SMILES string of the molecule is Clc1cccc(Cl)c1OCC1=NCCN1.O=C(O)C=CC(=O)O. The van der Waals surface area contributed by atoms with E-state index in [-0.39, 0.29) is 0 Å². The highest BCUT2D eigenvalue weighted by Gasteiger charge is 2.10. The molecule has 1 heterocycles. The lowest BCUT2D eigenvalue weighted by atomic mass is 10.3. The fourth-order valence-electron chi connectivity index (χ4n) is 1.45. The summed E-state index contributed by atoms with van der Waals surface area (Å²) < 4.78 is 5.49. The van der Waals surface area contributed by atoms with Crippen molar-refractivity contribution >= 4 is 41.0 Å². The number of amidine groups is 1. The van der Waals surface area contributed by atoms with Crippen LogP contribution in [0.4, 0.5) is 0 Å². The van der Waals surface area contributed by atoms with Gasteiger partial charge in [0.25, 0.3) is 0 Å². The van der Waals surface area contributed by atoms with Gasteiger partial charge in [0.15, 0.2) is 5.75 Å². The first-order valence-electron chi connectivity index (χ1n) is 6.38. The second-order valence-electron chi connectivity index (χ2n) is 4.10. The Labute approximate surface area is 142 Å². The lowest BCUT2D eigenvalue weighted by Crippen LogP contribution is -2.25. The van der Waals surface area contributed by atoms with E-state index < -0.39 is 11.9 Å². The Morgan fingerprint density at radius 2 is 1.78 bits per heavy atom. The standard InChI is InChI=1S/C10H10Cl2N2O.C4H4O4/c11-7-2-1-3-8(12)10(7)15-6-9-13-4-5-14-9;5-3(6)1-2-4(7)8/h1-3H,4-6H2,(H,13,14);1-2H,(H,5,6)(H,7,8). The van der Waals surface area contributed by atoms with Gasteiger partial charge < -0.3 is 20.3 Å². The molecular weight excluding hydrogens is 347 g/mol. The summed E-state index contributed by atoms with van der Waals surface area (Å²) in [5.74, 6) is -1.16. The smallest absolute Gasteiger partial charge is 0.328 e. The first kappa shape index (κ1) is 18.8. The summed E-state index contributed by atoms with van der Waals surface area (Å²) in [6, 6.07) is 5.27. The number of carboxylic acid groups (broad SMARTS) is 2. The highest BCUT2D eigenvalue weighted by Crippen LogP contribution is 2.32. The van der Waals surface area contributed by atoms with Crippen molar-refractivity contribution in [1.82, 2.24) is 5.32 Å². The monoisotopic (exact) mass is 360 g/mol. The lowest BCUT2D eigenvalue weighted by Gasteiger charge is -2.09. The van der Waals surface area contributed by atoms with Crippen molar-refractivity contribution in [3.8, 4) is 5.75 Å². The number of carbonyl (C=O) groups is 2. The molecule has 0 fully saturated rings. The molecule has 1 aliphatic heterocycles. The van der Waals surface area contributed by atoms with Crippen LogP contribution in [-0.2, 0) is 9.59 Å². The number of aliphatic imine (C=N–C) groups is 1. The van der Waals surface area contributed by atoms with E-state index in [2.05, 4.69) is 10.3 Å². The molecule has 0 aliphatic carbocycles. The van der Waals surface area contributed by atoms with Crippen molar-refractivity contribution < 1.29 is 24.5 Å². The highest BCUT2D eigenvalue weighted by molar-refractivity contribution is 6.37. The Balaban J connectivity index is 0.000000284. The minimum atomic E-state index is -1.26. The van der Waals surface area contributed by atoms with Crippen molar-refractivity contribution in [2.45, 2.75) is 0 Å². The van der Waals surface area contributed by atoms with Crippen molar-refractivity contribution in [1.29, 1.82) is 0 Å². The molecule has 124 valence electrons. The molecule has 0 aromatic heterocycles. The molecular formula is C14H14Cl2N2O5. The van der Waals surface area contributed by atoms with E-state index in [1.54, 1.807) is 18.2 Å². The van der Waals surface area contributed by atoms with E-state index in [1.165, 1.54) is 0 Å². The van der Waals surface area contributed by atoms with Crippen molar-refractivity contribution in [2.75, 3.05) is 19.7 Å². The van der Waals surface area contributed by atoms with Crippen LogP contribution < -0.4 is 10.1 Å². The number of benzene rings is 1. The van der Waals surface area contributed by atoms with Gasteiger partial charge in [-0.15, -0.1) is 0 Å². The van der Waals surface area contributed by atoms with Crippen LogP contribution in [0.15, 0.2) is 35.3 Å². The summed E-state index contributed by atoms with van der Waals surface area (Å²) in [6.07, 6.45) is 1.12. The van der Waals surface area contributed by atoms with E-state index in [0.29, 0.717) is 34.6 Å². The number of nitrogens with zero attached hydrogens (tertiary/aromatic N) is 1. The number of para-hydroxylation sites is 1. The normalized spacial score (nSPS) is 12.9. The molecule has 1 aromatic carbocycles. The topological polar surface area (TPSA) is 108 Å². The molecule has 0 bridgehead atoms. The van der Waals surface area contributed by atoms with Gasteiger partial charge in [0.1, 0.15) is 12.4 Å². The quantitative estimate of drug-likeness (QED) is 0.693. The maximum Gasteiger partial charge on any atom is 0.328 e. The van der Waals surface area contributed by atoms with Crippen LogP contribution in [0.1, 0.15) is 0 Å². The van der Waals surface area contributed by atoms with Crippen molar-refractivity contribution in [3.05, 3.63) is 40.4 Å². The summed E-state index contributed by atoms with van der Waals surface area (Å²) >= 11 is 11.9. The third-order valence-electron chi connectivity index (χ3n) is 2.38. The van der Waals surface area contributed by atoms with Gasteiger partial charge in [-0.3, -0.25) is 4.99 Å². The Morgan fingerprint density at radius 3 is 2.22 bits per heavy atom. The maximum absolute atomic E-state index is 9.55. The molecule has 3 N–H and O–H groups in total. The first-order chi connectivity index (χ1) is 10.9. The molecule has 1 aromatic rings. The third-order valence-corrected chi connectivity index (χ3v) is 2.98. The molecule has 0 amide bonds. The van der Waals surface area contributed by atoms with Crippen LogP contribution in [0.2, 0.25) is 10.0 Å². The minimum Gasteiger partial charge on any atom is -0.483 e. The van der Waals surface area contributed by atoms with Gasteiger partial charge in [0.05, 0.1) is 16.6 Å². The fraction of sp³-hybridized carbons (Fsp3) is 0.214. The summed E-state index contributed by atoms with van der Waals surface area (Å²) in [5.41, 5.74) is 0. The minimum absolute atomic E-state index is 0.378. The number of nitrogens with one attached hydrogen (secondary N) is 1. The zero-order valence-corrected chi connectivity index (χ0v) is 13.3. The average molecular weight is 361 g/mol. The van der Waals surface area contributed by atoms with E-state index in [4.69, 9.17) is 38.2 Å². The average Bonchev–Trinajstić information content (AvgIpc) is 2.99. The summed E-state index contributed by atoms with van der Waals surface area (Å²) in [5, 5.41) is 19.8. The van der Waals surface area contributed by atoms with Crippen LogP contribution in [0.25, 0.3) is 0 Å². The molecule has 0 radical (unpaired) electrons. The van der Waals surface area contributed by atoms with Gasteiger partial charge in [-0.2, -0.15) is 0 Å². The van der Waals surface area contributed by atoms with Crippen LogP contribution in [0, 0.1) is 0 Å². The van der Waals surface area contributed by atoms with Gasteiger partial charge in [0, 0.05) is 18.7 Å². The maximum atomic E-state index is 9.55. The fourth-order valence-corrected chi connectivity index (χ4v) is 1.95. The van der Waals surface area contributed by atoms with E-state index in [9.17, 15) is 9.59 Å². The highest BCUT2D eigenvalue weighted by atomic mass is 35.5. The largest absolute Gasteiger partial charge is 0.483 e. The van der Waals surface area contributed by atoms with Crippen LogP contribution in [-0.4, -0.2) is 47.7 Å². The molecule has 2 rings (SSSR count). The van der Waals surface area contributed by atoms with Gasteiger partial charge >= 0.3 is 11.9 Å². The zero-order chi connectivity index (χ0) is 17.2. The third kappa shape index (κ3) is 7.53. The Kier molecular flexibility index (Phi) is 7.93. The molecule has 23 heavy (non-hydrogen) atoms. The number of hydrogen-bond acceptors (Lipinski definition) is 5. The Bertz CT molecular complexity index is 595. The lowest BCUT2D eigenvalue weighted by molar-refractivity contribution is -0.134. The molecule has 0 saturated carbocycles. The molecule has 0 unspecified atom stereocenters. The second kappa shape index (κ2) is 9.70. The van der Waals surface area contributed by atoms with Gasteiger partial charge in [-0.25, -0.2) is 9.59 Å². The predicted molar refractivity (Wildman–Crippen MR) is 86.7 cm³/mol. The number of carboxylic acids is 2. The van der Waals surface area contributed by atoms with Crippen LogP contribution in [0.5, 0.6) is 5.75 Å². The molecule has 0 atom stereocenters. The summed E-state index contributed by atoms with van der Waals surface area (Å²) in [6.45, 7) is 2.05. The van der Waals surface area contributed by atoms with E-state index in [0.717, 1.165) is 18.9 Å². The van der Waals surface area contributed by atoms with Crippen LogP contribution >= 0.6 is 23.2 Å². The number of ether oxygens (including phenoxy) is 1. The van der Waals surface area contributed by atoms with E-state index >= 15 is 0 Å². The number of halogens is 2. The molecule has 9 heteroatoms. The first-order valence-corrected chi connectivity index (χ1v) is 7.13. The van der Waals surface area contributed by atoms with Crippen molar-refractivity contribution in [3.63, 3.8) is 0 Å². The summed E-state index contributed by atoms with van der Waals surface area (Å²) in [4.78, 5) is 23.3. The van der Waals surface area contributed by atoms with Gasteiger partial charge in [-0.1, -0.05) is 29.3 Å². The predicted octanol–water partition coefficient (Wildman–Crippen LogP) is 2.09. The van der Waals surface area contributed by atoms with Crippen molar-refractivity contribution in [2.24, 2.45) is 4.99 Å².